The zero-order chi connectivity index (χ0) is 15.8. The topological polar surface area (TPSA) is 147 Å². The minimum absolute atomic E-state index is 0.436. The van der Waals surface area contributed by atoms with Gasteiger partial charge in [0.15, 0.2) is 0 Å². The average molecular weight is 302 g/mol. The molecule has 0 saturated carbocycles. The number of hydrogen-bond acceptors (Lipinski definition) is 8. The first-order valence-electron chi connectivity index (χ1n) is 6.52. The van der Waals surface area contributed by atoms with E-state index in [9.17, 15) is 9.59 Å². The number of carbonyl (C=O) groups is 2. The van der Waals surface area contributed by atoms with Gasteiger partial charge in [0.25, 0.3) is 11.8 Å². The van der Waals surface area contributed by atoms with E-state index in [4.69, 9.17) is 10.4 Å². The van der Waals surface area contributed by atoms with Gasteiger partial charge in [-0.05, 0) is 19.5 Å². The van der Waals surface area contributed by atoms with Crippen molar-refractivity contribution in [3.05, 3.63) is 0 Å². The van der Waals surface area contributed by atoms with Crippen molar-refractivity contribution in [3.63, 3.8) is 0 Å². The van der Waals surface area contributed by atoms with Crippen LogP contribution < -0.4 is 21.3 Å². The number of nitrogens with zero attached hydrogens (tertiary/aromatic N) is 2. The minimum atomic E-state index is -0.436. The van der Waals surface area contributed by atoms with E-state index >= 15 is 0 Å². The van der Waals surface area contributed by atoms with Crippen LogP contribution in [-0.2, 0) is 9.59 Å². The number of amides is 2. The van der Waals surface area contributed by atoms with E-state index in [1.807, 2.05) is 0 Å². The largest absolute Gasteiger partial charge is 0.411 e. The van der Waals surface area contributed by atoms with Crippen LogP contribution in [0.5, 0.6) is 0 Å². The number of carbonyl (C=O) groups excluding carboxylic acids is 2. The van der Waals surface area contributed by atoms with E-state index in [-0.39, 0.29) is 0 Å². The lowest BCUT2D eigenvalue weighted by Gasteiger charge is -2.07. The van der Waals surface area contributed by atoms with E-state index in [1.165, 1.54) is 0 Å². The van der Waals surface area contributed by atoms with E-state index in [1.54, 1.807) is 0 Å². The molecule has 0 aromatic carbocycles. The number of nitrogens with one attached hydrogen (secondary N) is 4. The smallest absolute Gasteiger partial charge is 0.265 e. The van der Waals surface area contributed by atoms with Crippen LogP contribution in [0, 0.1) is 0 Å². The minimum Gasteiger partial charge on any atom is -0.411 e. The number of rotatable bonds is 12. The maximum atomic E-state index is 10.9. The molecular formula is C11H22N6O4. The fraction of sp³-hybridized carbons (Fsp3) is 0.636. The van der Waals surface area contributed by atoms with Gasteiger partial charge >= 0.3 is 0 Å². The van der Waals surface area contributed by atoms with Gasteiger partial charge in [-0.2, -0.15) is 0 Å². The molecule has 120 valence electrons. The summed E-state index contributed by atoms with van der Waals surface area (Å²) in [5.41, 5.74) is 0. The standard InChI is InChI=1S/C11H22N6O4/c18-10(8-16-20)14-6-4-12-2-1-3-13-5-7-15-11(19)9-17-21/h8-9,12-13,20-21H,1-7H2,(H,14,18)(H,15,19). The lowest BCUT2D eigenvalue weighted by atomic mass is 10.4. The van der Waals surface area contributed by atoms with Gasteiger partial charge in [-0.15, -0.1) is 0 Å². The van der Waals surface area contributed by atoms with Crippen LogP contribution >= 0.6 is 0 Å². The lowest BCUT2D eigenvalue weighted by Crippen LogP contribution is -2.34. The summed E-state index contributed by atoms with van der Waals surface area (Å²) in [6.45, 7) is 3.75. The molecule has 0 rings (SSSR count). The molecule has 0 aliphatic carbocycles. The Morgan fingerprint density at radius 1 is 0.762 bits per heavy atom. The van der Waals surface area contributed by atoms with Gasteiger partial charge < -0.3 is 31.7 Å². The molecule has 0 aromatic heterocycles. The summed E-state index contributed by atoms with van der Waals surface area (Å²) in [5, 5.41) is 32.7. The van der Waals surface area contributed by atoms with Gasteiger partial charge in [0.1, 0.15) is 12.4 Å². The molecule has 0 aliphatic heterocycles. The Kier molecular flexibility index (Phi) is 12.7. The zero-order valence-electron chi connectivity index (χ0n) is 11.7. The van der Waals surface area contributed by atoms with Crippen LogP contribution in [0.4, 0.5) is 0 Å². The molecule has 10 nitrogen and oxygen atoms in total. The molecule has 21 heavy (non-hydrogen) atoms. The summed E-state index contributed by atoms with van der Waals surface area (Å²) in [5.74, 6) is -0.872. The van der Waals surface area contributed by atoms with Crippen molar-refractivity contribution in [1.82, 2.24) is 21.3 Å². The highest BCUT2D eigenvalue weighted by Crippen LogP contribution is 1.73. The molecule has 0 unspecified atom stereocenters. The SMILES string of the molecule is O=C(C=NO)NCCNCCCNCCNC(=O)C=NO. The van der Waals surface area contributed by atoms with E-state index in [2.05, 4.69) is 31.6 Å². The predicted molar refractivity (Wildman–Crippen MR) is 76.9 cm³/mol. The van der Waals surface area contributed by atoms with Crippen molar-refractivity contribution in [2.75, 3.05) is 39.3 Å². The lowest BCUT2D eigenvalue weighted by molar-refractivity contribution is -0.115. The molecule has 0 heterocycles. The third-order valence-corrected chi connectivity index (χ3v) is 2.26. The summed E-state index contributed by atoms with van der Waals surface area (Å²) in [6.07, 6.45) is 2.50. The van der Waals surface area contributed by atoms with Crippen molar-refractivity contribution in [2.45, 2.75) is 6.42 Å². The highest BCUT2D eigenvalue weighted by atomic mass is 16.4. The van der Waals surface area contributed by atoms with Crippen molar-refractivity contribution >= 4 is 24.2 Å². The Hall–Kier alpha value is -2.20. The Labute approximate surface area is 122 Å². The summed E-state index contributed by atoms with van der Waals surface area (Å²) in [7, 11) is 0. The van der Waals surface area contributed by atoms with Gasteiger partial charge in [-0.1, -0.05) is 10.3 Å². The van der Waals surface area contributed by atoms with Gasteiger partial charge in [0.2, 0.25) is 0 Å². The van der Waals surface area contributed by atoms with Crippen LogP contribution in [0.1, 0.15) is 6.42 Å². The number of hydrogen-bond donors (Lipinski definition) is 6. The molecule has 0 atom stereocenters. The molecule has 0 fully saturated rings. The molecular weight excluding hydrogens is 280 g/mol. The average Bonchev–Trinajstić information content (AvgIpc) is 2.45. The van der Waals surface area contributed by atoms with Crippen LogP contribution in [0.15, 0.2) is 10.3 Å². The third kappa shape index (κ3) is 14.0. The van der Waals surface area contributed by atoms with Crippen LogP contribution in [0.25, 0.3) is 0 Å². The zero-order valence-corrected chi connectivity index (χ0v) is 11.7. The molecule has 0 saturated heterocycles. The molecule has 0 aliphatic rings. The molecule has 10 heteroatoms. The van der Waals surface area contributed by atoms with Crippen LogP contribution in [0.2, 0.25) is 0 Å². The second kappa shape index (κ2) is 14.2. The first kappa shape index (κ1) is 18.8. The Balaban J connectivity index is 3.19. The molecule has 0 aromatic rings. The summed E-state index contributed by atoms with van der Waals surface area (Å²) >= 11 is 0. The van der Waals surface area contributed by atoms with Crippen molar-refractivity contribution in [2.24, 2.45) is 10.3 Å². The van der Waals surface area contributed by atoms with Crippen molar-refractivity contribution < 1.29 is 20.0 Å². The summed E-state index contributed by atoms with van der Waals surface area (Å²) in [6, 6.07) is 0. The first-order chi connectivity index (χ1) is 10.2. The second-order valence-electron chi connectivity index (χ2n) is 3.92. The van der Waals surface area contributed by atoms with Gasteiger partial charge in [-0.3, -0.25) is 9.59 Å². The summed E-state index contributed by atoms with van der Waals surface area (Å²) < 4.78 is 0. The Morgan fingerprint density at radius 2 is 1.19 bits per heavy atom. The molecule has 0 radical (unpaired) electrons. The van der Waals surface area contributed by atoms with Crippen molar-refractivity contribution in [1.29, 1.82) is 0 Å². The second-order valence-corrected chi connectivity index (χ2v) is 3.92. The monoisotopic (exact) mass is 302 g/mol. The Bertz CT molecular complexity index is 316. The fourth-order valence-corrected chi connectivity index (χ4v) is 1.33. The Morgan fingerprint density at radius 3 is 1.57 bits per heavy atom. The highest BCUT2D eigenvalue weighted by Gasteiger charge is 1.96. The quantitative estimate of drug-likeness (QED) is 0.103. The van der Waals surface area contributed by atoms with E-state index in [0.717, 1.165) is 31.9 Å². The van der Waals surface area contributed by atoms with Crippen LogP contribution in [0.3, 0.4) is 0 Å². The van der Waals surface area contributed by atoms with Gasteiger partial charge in [-0.25, -0.2) is 0 Å². The molecule has 2 amide bonds. The maximum absolute atomic E-state index is 10.9. The van der Waals surface area contributed by atoms with E-state index < -0.39 is 11.8 Å². The van der Waals surface area contributed by atoms with Crippen molar-refractivity contribution in [3.8, 4) is 0 Å². The molecule has 0 bridgehead atoms. The van der Waals surface area contributed by atoms with E-state index in [0.29, 0.717) is 26.2 Å². The fourth-order valence-electron chi connectivity index (χ4n) is 1.33. The number of oxime groups is 2. The van der Waals surface area contributed by atoms with Gasteiger partial charge in [0.05, 0.1) is 0 Å². The maximum Gasteiger partial charge on any atom is 0.265 e. The van der Waals surface area contributed by atoms with Crippen LogP contribution in [-0.4, -0.2) is 73.9 Å². The summed E-state index contributed by atoms with van der Waals surface area (Å²) in [4.78, 5) is 21.7. The third-order valence-electron chi connectivity index (χ3n) is 2.26. The van der Waals surface area contributed by atoms with Gasteiger partial charge in [0, 0.05) is 26.2 Å². The molecule has 6 N–H and O–H groups in total. The normalized spacial score (nSPS) is 11.0. The molecule has 0 spiro atoms. The highest BCUT2D eigenvalue weighted by molar-refractivity contribution is 6.26. The predicted octanol–water partition coefficient (Wildman–Crippen LogP) is -2.29. The first-order valence-corrected chi connectivity index (χ1v) is 6.52.